The van der Waals surface area contributed by atoms with Crippen LogP contribution in [-0.4, -0.2) is 27.6 Å². The van der Waals surface area contributed by atoms with Gasteiger partial charge in [0.15, 0.2) is 0 Å². The van der Waals surface area contributed by atoms with Gasteiger partial charge in [0.25, 0.3) is 5.56 Å². The number of benzene rings is 1. The number of rotatable bonds is 5. The van der Waals surface area contributed by atoms with Gasteiger partial charge in [-0.3, -0.25) is 4.79 Å². The first-order chi connectivity index (χ1) is 9.08. The highest BCUT2D eigenvalue weighted by atomic mass is 16.1. The van der Waals surface area contributed by atoms with Crippen LogP contribution in [0.1, 0.15) is 20.8 Å². The molecule has 0 fully saturated rings. The molecular formula is C14H20N4O. The topological polar surface area (TPSA) is 59.8 Å². The zero-order valence-electron chi connectivity index (χ0n) is 11.6. The highest BCUT2D eigenvalue weighted by Crippen LogP contribution is 2.04. The molecule has 0 aliphatic carbocycles. The first kappa shape index (κ1) is 13.7. The van der Waals surface area contributed by atoms with E-state index in [9.17, 15) is 4.79 Å². The lowest BCUT2D eigenvalue weighted by molar-refractivity contribution is 0.389. The molecule has 5 heteroatoms. The molecular weight excluding hydrogens is 240 g/mol. The molecule has 19 heavy (non-hydrogen) atoms. The van der Waals surface area contributed by atoms with E-state index in [0.717, 1.165) is 6.54 Å². The molecule has 0 saturated carbocycles. The normalized spacial score (nSPS) is 13.1. The summed E-state index contributed by atoms with van der Waals surface area (Å²) >= 11 is 0. The standard InChI is InChI=1S/C14H20N4O/c1-10(2)15-8-11(3)9-18-14(19)12-6-4-5-7-13(12)16-17-18/h4-7,10-11,15H,8-9H2,1-3H3. The quantitative estimate of drug-likeness (QED) is 0.883. The maximum atomic E-state index is 12.2. The summed E-state index contributed by atoms with van der Waals surface area (Å²) in [5, 5.41) is 12.1. The highest BCUT2D eigenvalue weighted by Gasteiger charge is 2.09. The van der Waals surface area contributed by atoms with E-state index in [0.29, 0.717) is 29.4 Å². The van der Waals surface area contributed by atoms with Gasteiger partial charge >= 0.3 is 0 Å². The monoisotopic (exact) mass is 260 g/mol. The van der Waals surface area contributed by atoms with Crippen LogP contribution in [0.15, 0.2) is 29.1 Å². The molecule has 0 amide bonds. The Balaban J connectivity index is 2.17. The number of aromatic nitrogens is 3. The molecule has 1 atom stereocenters. The predicted molar refractivity (Wildman–Crippen MR) is 76.1 cm³/mol. The smallest absolute Gasteiger partial charge is 0.277 e. The number of nitrogens with zero attached hydrogens (tertiary/aromatic N) is 3. The average molecular weight is 260 g/mol. The highest BCUT2D eigenvalue weighted by molar-refractivity contribution is 5.76. The zero-order chi connectivity index (χ0) is 13.8. The molecule has 2 aromatic rings. The Morgan fingerprint density at radius 1 is 1.26 bits per heavy atom. The number of hydrogen-bond acceptors (Lipinski definition) is 4. The van der Waals surface area contributed by atoms with E-state index >= 15 is 0 Å². The van der Waals surface area contributed by atoms with Gasteiger partial charge in [-0.15, -0.1) is 5.10 Å². The Hall–Kier alpha value is -1.75. The van der Waals surface area contributed by atoms with Crippen molar-refractivity contribution in [1.82, 2.24) is 20.3 Å². The van der Waals surface area contributed by atoms with Crippen molar-refractivity contribution in [2.24, 2.45) is 5.92 Å². The first-order valence-corrected chi connectivity index (χ1v) is 6.64. The molecule has 1 aromatic carbocycles. The number of fused-ring (bicyclic) bond motifs is 1. The summed E-state index contributed by atoms with van der Waals surface area (Å²) in [7, 11) is 0. The number of hydrogen-bond donors (Lipinski definition) is 1. The van der Waals surface area contributed by atoms with Crippen LogP contribution >= 0.6 is 0 Å². The molecule has 0 radical (unpaired) electrons. The minimum absolute atomic E-state index is 0.0676. The fourth-order valence-corrected chi connectivity index (χ4v) is 1.94. The van der Waals surface area contributed by atoms with Crippen molar-refractivity contribution in [1.29, 1.82) is 0 Å². The van der Waals surface area contributed by atoms with E-state index in [1.165, 1.54) is 4.68 Å². The lowest BCUT2D eigenvalue weighted by Gasteiger charge is -2.15. The first-order valence-electron chi connectivity index (χ1n) is 6.64. The van der Waals surface area contributed by atoms with Crippen LogP contribution in [0.3, 0.4) is 0 Å². The third-order valence-corrected chi connectivity index (χ3v) is 2.99. The van der Waals surface area contributed by atoms with Crippen molar-refractivity contribution in [2.45, 2.75) is 33.4 Å². The van der Waals surface area contributed by atoms with E-state index in [2.05, 4.69) is 36.4 Å². The summed E-state index contributed by atoms with van der Waals surface area (Å²) in [6.07, 6.45) is 0. The van der Waals surface area contributed by atoms with Crippen LogP contribution in [0, 0.1) is 5.92 Å². The van der Waals surface area contributed by atoms with E-state index in [1.807, 2.05) is 12.1 Å². The van der Waals surface area contributed by atoms with Gasteiger partial charge in [-0.25, -0.2) is 4.68 Å². The Bertz CT molecular complexity index is 606. The molecule has 0 bridgehead atoms. The fraction of sp³-hybridized carbons (Fsp3) is 0.500. The molecule has 2 rings (SSSR count). The molecule has 1 unspecified atom stereocenters. The summed E-state index contributed by atoms with van der Waals surface area (Å²) < 4.78 is 1.45. The van der Waals surface area contributed by atoms with Crippen LogP contribution in [-0.2, 0) is 6.54 Å². The minimum Gasteiger partial charge on any atom is -0.314 e. The Kier molecular flexibility index (Phi) is 4.27. The summed E-state index contributed by atoms with van der Waals surface area (Å²) in [6.45, 7) is 7.75. The molecule has 0 aliphatic rings. The molecule has 102 valence electrons. The second-order valence-electron chi connectivity index (χ2n) is 5.26. The summed E-state index contributed by atoms with van der Waals surface area (Å²) in [4.78, 5) is 12.2. The minimum atomic E-state index is -0.0676. The Labute approximate surface area is 112 Å². The Morgan fingerprint density at radius 2 is 2.00 bits per heavy atom. The SMILES string of the molecule is CC(CNC(C)C)Cn1nnc2ccccc2c1=O. The average Bonchev–Trinajstić information content (AvgIpc) is 2.40. The lowest BCUT2D eigenvalue weighted by Crippen LogP contribution is -2.33. The summed E-state index contributed by atoms with van der Waals surface area (Å²) in [5.41, 5.74) is 0.582. The van der Waals surface area contributed by atoms with Crippen molar-refractivity contribution in [3.05, 3.63) is 34.6 Å². The zero-order valence-corrected chi connectivity index (χ0v) is 11.6. The third kappa shape index (κ3) is 3.38. The van der Waals surface area contributed by atoms with Crippen molar-refractivity contribution in [3.63, 3.8) is 0 Å². The molecule has 5 nitrogen and oxygen atoms in total. The van der Waals surface area contributed by atoms with Gasteiger partial charge in [0.2, 0.25) is 0 Å². The molecule has 0 spiro atoms. The van der Waals surface area contributed by atoms with E-state index < -0.39 is 0 Å². The van der Waals surface area contributed by atoms with Gasteiger partial charge in [0.05, 0.1) is 11.9 Å². The lowest BCUT2D eigenvalue weighted by atomic mass is 10.1. The van der Waals surface area contributed by atoms with Gasteiger partial charge in [0, 0.05) is 6.04 Å². The molecule has 0 saturated heterocycles. The van der Waals surface area contributed by atoms with Crippen LogP contribution in [0.2, 0.25) is 0 Å². The van der Waals surface area contributed by atoms with Crippen LogP contribution in [0.4, 0.5) is 0 Å². The van der Waals surface area contributed by atoms with E-state index in [4.69, 9.17) is 0 Å². The molecule has 0 aliphatic heterocycles. The third-order valence-electron chi connectivity index (χ3n) is 2.99. The second-order valence-corrected chi connectivity index (χ2v) is 5.26. The molecule has 1 heterocycles. The van der Waals surface area contributed by atoms with Gasteiger partial charge < -0.3 is 5.32 Å². The van der Waals surface area contributed by atoms with E-state index in [-0.39, 0.29) is 5.56 Å². The predicted octanol–water partition coefficient (Wildman–Crippen LogP) is 1.43. The van der Waals surface area contributed by atoms with Crippen molar-refractivity contribution >= 4 is 10.9 Å². The van der Waals surface area contributed by atoms with Crippen molar-refractivity contribution in [3.8, 4) is 0 Å². The van der Waals surface area contributed by atoms with Gasteiger partial charge in [-0.1, -0.05) is 38.1 Å². The van der Waals surface area contributed by atoms with Crippen LogP contribution < -0.4 is 10.9 Å². The maximum Gasteiger partial charge on any atom is 0.277 e. The van der Waals surface area contributed by atoms with Crippen molar-refractivity contribution < 1.29 is 0 Å². The van der Waals surface area contributed by atoms with Crippen LogP contribution in [0.5, 0.6) is 0 Å². The van der Waals surface area contributed by atoms with Gasteiger partial charge in [-0.05, 0) is 24.6 Å². The fourth-order valence-electron chi connectivity index (χ4n) is 1.94. The van der Waals surface area contributed by atoms with Gasteiger partial charge in [0.1, 0.15) is 5.52 Å². The Morgan fingerprint density at radius 3 is 2.74 bits per heavy atom. The molecule has 1 aromatic heterocycles. The summed E-state index contributed by atoms with van der Waals surface area (Å²) in [6, 6.07) is 7.74. The number of nitrogens with one attached hydrogen (secondary N) is 1. The van der Waals surface area contributed by atoms with Crippen molar-refractivity contribution in [2.75, 3.05) is 6.54 Å². The largest absolute Gasteiger partial charge is 0.314 e. The maximum absolute atomic E-state index is 12.2. The van der Waals surface area contributed by atoms with Gasteiger partial charge in [-0.2, -0.15) is 0 Å². The summed E-state index contributed by atoms with van der Waals surface area (Å²) in [5.74, 6) is 0.329. The van der Waals surface area contributed by atoms with Crippen LogP contribution in [0.25, 0.3) is 10.9 Å². The van der Waals surface area contributed by atoms with E-state index in [1.54, 1.807) is 12.1 Å². The molecule has 1 N–H and O–H groups in total. The second kappa shape index (κ2) is 5.93.